The molecule has 1 heteroatoms. The molecule has 0 spiro atoms. The Balaban J connectivity index is 1.34. The van der Waals surface area contributed by atoms with E-state index in [9.17, 15) is 4.39 Å². The molecule has 34 heavy (non-hydrogen) atoms. The van der Waals surface area contributed by atoms with Crippen molar-refractivity contribution in [1.29, 1.82) is 0 Å². The van der Waals surface area contributed by atoms with Gasteiger partial charge in [-0.2, -0.15) is 0 Å². The van der Waals surface area contributed by atoms with Crippen LogP contribution in [0.2, 0.25) is 0 Å². The van der Waals surface area contributed by atoms with Crippen molar-refractivity contribution in [2.45, 2.75) is 58.8 Å². The lowest BCUT2D eigenvalue weighted by molar-refractivity contribution is 0.636. The maximum atomic E-state index is 14.8. The van der Waals surface area contributed by atoms with E-state index in [-0.39, 0.29) is 5.82 Å². The summed E-state index contributed by atoms with van der Waals surface area (Å²) < 4.78 is 14.8. The van der Waals surface area contributed by atoms with E-state index in [0.29, 0.717) is 10.9 Å². The van der Waals surface area contributed by atoms with Gasteiger partial charge < -0.3 is 0 Å². The Labute approximate surface area is 203 Å². The van der Waals surface area contributed by atoms with Gasteiger partial charge in [0.1, 0.15) is 5.82 Å². The lowest BCUT2D eigenvalue weighted by Crippen LogP contribution is -1.93. The molecule has 4 rings (SSSR count). The van der Waals surface area contributed by atoms with Gasteiger partial charge in [-0.3, -0.25) is 0 Å². The summed E-state index contributed by atoms with van der Waals surface area (Å²) in [5.74, 6) is 5.89. The molecule has 0 aliphatic heterocycles. The van der Waals surface area contributed by atoms with E-state index in [1.54, 1.807) is 6.07 Å². The molecule has 0 nitrogen and oxygen atoms in total. The fraction of sp³-hybridized carbons (Fsp3) is 0.273. The second kappa shape index (κ2) is 11.7. The molecular weight excluding hydrogens is 415 g/mol. The van der Waals surface area contributed by atoms with Crippen molar-refractivity contribution in [3.05, 3.63) is 118 Å². The van der Waals surface area contributed by atoms with Gasteiger partial charge in [-0.05, 0) is 72.9 Å². The monoisotopic (exact) mass is 448 g/mol. The molecule has 0 N–H and O–H groups in total. The highest BCUT2D eigenvalue weighted by atomic mass is 19.1. The Morgan fingerprint density at radius 2 is 1.29 bits per heavy atom. The van der Waals surface area contributed by atoms with Crippen molar-refractivity contribution in [2.75, 3.05) is 0 Å². The van der Waals surface area contributed by atoms with Crippen LogP contribution >= 0.6 is 0 Å². The number of benzene rings is 4. The molecule has 0 heterocycles. The lowest BCUT2D eigenvalue weighted by atomic mass is 10.0. The molecule has 4 aromatic carbocycles. The number of unbranched alkanes of at least 4 members (excludes halogenated alkanes) is 3. The van der Waals surface area contributed by atoms with Crippen LogP contribution in [0.3, 0.4) is 0 Å². The first-order chi connectivity index (χ1) is 16.6. The molecule has 0 saturated carbocycles. The second-order valence-corrected chi connectivity index (χ2v) is 9.23. The summed E-state index contributed by atoms with van der Waals surface area (Å²) >= 11 is 0. The van der Waals surface area contributed by atoms with Crippen molar-refractivity contribution in [2.24, 2.45) is 0 Å². The van der Waals surface area contributed by atoms with Gasteiger partial charge in [-0.1, -0.05) is 104 Å². The van der Waals surface area contributed by atoms with Crippen LogP contribution in [0.4, 0.5) is 4.39 Å². The Morgan fingerprint density at radius 3 is 1.97 bits per heavy atom. The van der Waals surface area contributed by atoms with Crippen molar-refractivity contribution < 1.29 is 4.39 Å². The van der Waals surface area contributed by atoms with Crippen LogP contribution in [-0.2, 0) is 19.3 Å². The average Bonchev–Trinajstić information content (AvgIpc) is 2.86. The average molecular weight is 449 g/mol. The fourth-order valence-corrected chi connectivity index (χ4v) is 4.32. The van der Waals surface area contributed by atoms with E-state index in [0.717, 1.165) is 29.4 Å². The SMILES string of the molecule is CCCCCCc1ccc(CCc2ccc(C#Cc3ccc4cc(C)ccc4c3F)cc2)cc1. The third-order valence-corrected chi connectivity index (χ3v) is 6.45. The van der Waals surface area contributed by atoms with E-state index in [4.69, 9.17) is 0 Å². The van der Waals surface area contributed by atoms with Crippen molar-refractivity contribution in [3.63, 3.8) is 0 Å². The largest absolute Gasteiger partial charge is 0.205 e. The van der Waals surface area contributed by atoms with Crippen molar-refractivity contribution in [1.82, 2.24) is 0 Å². The molecule has 0 fully saturated rings. The summed E-state index contributed by atoms with van der Waals surface area (Å²) in [5, 5.41) is 1.53. The third-order valence-electron chi connectivity index (χ3n) is 6.45. The molecule has 0 aliphatic rings. The van der Waals surface area contributed by atoms with Crippen LogP contribution in [0.1, 0.15) is 66.0 Å². The van der Waals surface area contributed by atoms with Crippen LogP contribution in [0.25, 0.3) is 10.8 Å². The Kier molecular flexibility index (Phi) is 8.16. The maximum Gasteiger partial charge on any atom is 0.146 e. The number of aryl methyl sites for hydroxylation is 4. The van der Waals surface area contributed by atoms with E-state index in [1.807, 2.05) is 43.3 Å². The second-order valence-electron chi connectivity index (χ2n) is 9.23. The Bertz CT molecular complexity index is 1280. The maximum absolute atomic E-state index is 14.8. The zero-order chi connectivity index (χ0) is 23.8. The van der Waals surface area contributed by atoms with Gasteiger partial charge in [0.15, 0.2) is 0 Å². The normalized spacial score (nSPS) is 10.8. The smallest absolute Gasteiger partial charge is 0.146 e. The van der Waals surface area contributed by atoms with E-state index in [2.05, 4.69) is 55.2 Å². The molecule has 0 aliphatic carbocycles. The zero-order valence-corrected chi connectivity index (χ0v) is 20.3. The third kappa shape index (κ3) is 6.36. The first-order valence-corrected chi connectivity index (χ1v) is 12.5. The van der Waals surface area contributed by atoms with Gasteiger partial charge >= 0.3 is 0 Å². The van der Waals surface area contributed by atoms with Gasteiger partial charge in [-0.15, -0.1) is 0 Å². The number of fused-ring (bicyclic) bond motifs is 1. The molecular formula is C33H33F. The number of hydrogen-bond acceptors (Lipinski definition) is 0. The Morgan fingerprint density at radius 1 is 0.647 bits per heavy atom. The first kappa shape index (κ1) is 23.8. The summed E-state index contributed by atoms with van der Waals surface area (Å²) in [4.78, 5) is 0. The summed E-state index contributed by atoms with van der Waals surface area (Å²) in [5.41, 5.74) is 6.58. The topological polar surface area (TPSA) is 0 Å². The predicted molar refractivity (Wildman–Crippen MR) is 143 cm³/mol. The van der Waals surface area contributed by atoms with E-state index < -0.39 is 0 Å². The summed E-state index contributed by atoms with van der Waals surface area (Å²) in [6.45, 7) is 4.27. The summed E-state index contributed by atoms with van der Waals surface area (Å²) in [7, 11) is 0. The van der Waals surface area contributed by atoms with Crippen LogP contribution in [0.5, 0.6) is 0 Å². The van der Waals surface area contributed by atoms with Crippen LogP contribution < -0.4 is 0 Å². The first-order valence-electron chi connectivity index (χ1n) is 12.5. The van der Waals surface area contributed by atoms with Crippen molar-refractivity contribution >= 4 is 10.8 Å². The standard InChI is InChI=1S/C33H33F/c1-3-4-5-6-7-26-9-11-27(12-10-26)13-14-28-15-17-29(18-16-28)19-20-30-21-22-31-24-25(2)8-23-32(31)33(30)34/h8-12,15-18,21-24H,3-7,13-14H2,1-2H3. The van der Waals surface area contributed by atoms with Gasteiger partial charge in [0, 0.05) is 10.9 Å². The van der Waals surface area contributed by atoms with Crippen LogP contribution in [0, 0.1) is 24.6 Å². The Hall–Kier alpha value is -3.37. The summed E-state index contributed by atoms with van der Waals surface area (Å²) in [6.07, 6.45) is 8.46. The highest BCUT2D eigenvalue weighted by Gasteiger charge is 2.05. The molecule has 0 saturated heterocycles. The number of halogens is 1. The van der Waals surface area contributed by atoms with Gasteiger partial charge in [0.2, 0.25) is 0 Å². The summed E-state index contributed by atoms with van der Waals surface area (Å²) in [6, 6.07) is 26.9. The number of hydrogen-bond donors (Lipinski definition) is 0. The van der Waals surface area contributed by atoms with Crippen LogP contribution in [-0.4, -0.2) is 0 Å². The van der Waals surface area contributed by atoms with E-state index >= 15 is 0 Å². The lowest BCUT2D eigenvalue weighted by Gasteiger charge is -2.05. The molecule has 0 bridgehead atoms. The minimum atomic E-state index is -0.242. The molecule has 0 atom stereocenters. The molecule has 0 amide bonds. The van der Waals surface area contributed by atoms with Gasteiger partial charge in [0.05, 0.1) is 5.56 Å². The highest BCUT2D eigenvalue weighted by Crippen LogP contribution is 2.22. The quantitative estimate of drug-likeness (QED) is 0.187. The van der Waals surface area contributed by atoms with Crippen LogP contribution in [0.15, 0.2) is 78.9 Å². The van der Waals surface area contributed by atoms with Gasteiger partial charge in [-0.25, -0.2) is 4.39 Å². The minimum Gasteiger partial charge on any atom is -0.205 e. The zero-order valence-electron chi connectivity index (χ0n) is 20.3. The molecule has 0 aromatic heterocycles. The predicted octanol–water partition coefficient (Wildman–Crippen LogP) is 8.60. The molecule has 0 unspecified atom stereocenters. The van der Waals surface area contributed by atoms with Gasteiger partial charge in [0.25, 0.3) is 0 Å². The van der Waals surface area contributed by atoms with E-state index in [1.165, 1.54) is 48.8 Å². The molecule has 0 radical (unpaired) electrons. The molecule has 4 aromatic rings. The number of rotatable bonds is 8. The molecule has 172 valence electrons. The van der Waals surface area contributed by atoms with Crippen molar-refractivity contribution in [3.8, 4) is 11.8 Å². The fourth-order valence-electron chi connectivity index (χ4n) is 4.32. The minimum absolute atomic E-state index is 0.242. The highest BCUT2D eigenvalue weighted by molar-refractivity contribution is 5.85.